The number of hydrogen-bond acceptors (Lipinski definition) is 5. The van der Waals surface area contributed by atoms with Crippen LogP contribution in [0.4, 0.5) is 0 Å². The van der Waals surface area contributed by atoms with Crippen molar-refractivity contribution in [3.05, 3.63) is 0 Å². The predicted octanol–water partition coefficient (Wildman–Crippen LogP) is 0.00200. The number of fused-ring (bicyclic) bond motifs is 1. The highest BCUT2D eigenvalue weighted by atomic mass is 16.6. The molecule has 4 atom stereocenters. The van der Waals surface area contributed by atoms with E-state index in [0.717, 1.165) is 0 Å². The Morgan fingerprint density at radius 2 is 1.53 bits per heavy atom. The molecule has 6 nitrogen and oxygen atoms in total. The molecule has 1 saturated heterocycles. The van der Waals surface area contributed by atoms with Gasteiger partial charge in [0.05, 0.1) is 22.7 Å². The lowest BCUT2D eigenvalue weighted by molar-refractivity contribution is -0.205. The molecule has 0 bridgehead atoms. The van der Waals surface area contributed by atoms with Crippen molar-refractivity contribution in [2.24, 2.45) is 22.7 Å². The Kier molecular flexibility index (Phi) is 2.03. The van der Waals surface area contributed by atoms with Crippen LogP contribution in [0.3, 0.4) is 0 Å². The number of ketones is 1. The Morgan fingerprint density at radius 1 is 1.12 bits per heavy atom. The maximum absolute atomic E-state index is 11.7. The molecule has 2 rings (SSSR count). The van der Waals surface area contributed by atoms with Crippen LogP contribution in [0.2, 0.25) is 0 Å². The van der Waals surface area contributed by atoms with E-state index in [4.69, 9.17) is 0 Å². The van der Waals surface area contributed by atoms with Crippen molar-refractivity contribution < 1.29 is 29.0 Å². The van der Waals surface area contributed by atoms with Crippen molar-refractivity contribution in [3.63, 3.8) is 0 Å². The van der Waals surface area contributed by atoms with E-state index in [9.17, 15) is 24.3 Å². The molecular weight excluding hydrogens is 228 g/mol. The topological polar surface area (TPSA) is 97.7 Å². The largest absolute Gasteiger partial charge is 0.481 e. The number of rotatable bonds is 2. The summed E-state index contributed by atoms with van der Waals surface area (Å²) in [7, 11) is 0. The molecule has 6 heteroatoms. The fourth-order valence-corrected chi connectivity index (χ4v) is 3.13. The quantitative estimate of drug-likeness (QED) is 0.539. The SMILES string of the molecule is CC(=O)C1(C)C2C(=O)OC(=O)C2C1(C)C(=O)O. The van der Waals surface area contributed by atoms with Crippen molar-refractivity contribution in [2.45, 2.75) is 20.8 Å². The number of carbonyl (C=O) groups is 4. The molecular formula is C11H12O6. The summed E-state index contributed by atoms with van der Waals surface area (Å²) < 4.78 is 4.45. The summed E-state index contributed by atoms with van der Waals surface area (Å²) >= 11 is 0. The molecule has 2 aliphatic rings. The highest BCUT2D eigenvalue weighted by Gasteiger charge is 2.81. The summed E-state index contributed by atoms with van der Waals surface area (Å²) in [5, 5.41) is 9.26. The molecule has 92 valence electrons. The molecule has 0 spiro atoms. The zero-order valence-corrected chi connectivity index (χ0v) is 9.64. The van der Waals surface area contributed by atoms with Crippen LogP contribution < -0.4 is 0 Å². The van der Waals surface area contributed by atoms with E-state index in [0.29, 0.717) is 0 Å². The summed E-state index contributed by atoms with van der Waals surface area (Å²) in [6.07, 6.45) is 0. The van der Waals surface area contributed by atoms with Crippen molar-refractivity contribution in [2.75, 3.05) is 0 Å². The fraction of sp³-hybridized carbons (Fsp3) is 0.636. The molecule has 1 heterocycles. The van der Waals surface area contributed by atoms with Gasteiger partial charge in [-0.15, -0.1) is 0 Å². The molecule has 0 aromatic heterocycles. The predicted molar refractivity (Wildman–Crippen MR) is 52.6 cm³/mol. The van der Waals surface area contributed by atoms with Gasteiger partial charge in [-0.2, -0.15) is 0 Å². The molecule has 0 aromatic carbocycles. The van der Waals surface area contributed by atoms with Gasteiger partial charge < -0.3 is 9.84 Å². The Hall–Kier alpha value is -1.72. The molecule has 0 amide bonds. The minimum absolute atomic E-state index is 0.421. The lowest BCUT2D eigenvalue weighted by atomic mass is 9.38. The van der Waals surface area contributed by atoms with Gasteiger partial charge in [-0.1, -0.05) is 6.92 Å². The summed E-state index contributed by atoms with van der Waals surface area (Å²) in [6.45, 7) is 3.95. The summed E-state index contributed by atoms with van der Waals surface area (Å²) in [5.41, 5.74) is -2.96. The first kappa shape index (κ1) is 11.8. The monoisotopic (exact) mass is 240 g/mol. The van der Waals surface area contributed by atoms with E-state index in [1.807, 2.05) is 0 Å². The number of carbonyl (C=O) groups excluding carboxylic acids is 3. The Bertz CT molecular complexity index is 425. The molecule has 2 fully saturated rings. The number of aliphatic carboxylic acids is 1. The van der Waals surface area contributed by atoms with Gasteiger partial charge >= 0.3 is 17.9 Å². The third kappa shape index (κ3) is 0.963. The average Bonchev–Trinajstić information content (AvgIpc) is 2.49. The lowest BCUT2D eigenvalue weighted by Gasteiger charge is -2.57. The van der Waals surface area contributed by atoms with Crippen LogP contribution in [0.25, 0.3) is 0 Å². The molecule has 0 aromatic rings. The van der Waals surface area contributed by atoms with Gasteiger partial charge in [-0.3, -0.25) is 19.2 Å². The molecule has 0 radical (unpaired) electrons. The molecule has 17 heavy (non-hydrogen) atoms. The van der Waals surface area contributed by atoms with Gasteiger partial charge in [0.1, 0.15) is 5.78 Å². The van der Waals surface area contributed by atoms with Gasteiger partial charge in [0.2, 0.25) is 0 Å². The number of ether oxygens (including phenoxy) is 1. The number of carboxylic acids is 1. The van der Waals surface area contributed by atoms with Crippen LogP contribution in [-0.2, 0) is 23.9 Å². The molecule has 4 unspecified atom stereocenters. The van der Waals surface area contributed by atoms with Crippen molar-refractivity contribution >= 4 is 23.7 Å². The van der Waals surface area contributed by atoms with Crippen molar-refractivity contribution in [1.82, 2.24) is 0 Å². The van der Waals surface area contributed by atoms with Crippen LogP contribution in [0.1, 0.15) is 20.8 Å². The first-order valence-corrected chi connectivity index (χ1v) is 5.19. The normalized spacial score (nSPS) is 43.7. The average molecular weight is 240 g/mol. The minimum atomic E-state index is -1.58. The van der Waals surface area contributed by atoms with Crippen molar-refractivity contribution in [1.29, 1.82) is 0 Å². The van der Waals surface area contributed by atoms with Gasteiger partial charge in [-0.25, -0.2) is 0 Å². The van der Waals surface area contributed by atoms with E-state index < -0.39 is 46.4 Å². The molecule has 1 N–H and O–H groups in total. The van der Waals surface area contributed by atoms with E-state index in [-0.39, 0.29) is 0 Å². The first-order chi connectivity index (χ1) is 7.69. The maximum Gasteiger partial charge on any atom is 0.318 e. The Balaban J connectivity index is 2.60. The first-order valence-electron chi connectivity index (χ1n) is 5.19. The zero-order chi connectivity index (χ0) is 13.2. The standard InChI is InChI=1S/C11H12O6/c1-4(12)10(2)5-6(8(14)17-7(5)13)11(10,3)9(15)16/h5-6H,1-3H3,(H,15,16). The second-order valence-electron chi connectivity index (χ2n) is 4.96. The number of hydrogen-bond donors (Lipinski definition) is 1. The second kappa shape index (κ2) is 2.94. The molecule has 1 saturated carbocycles. The van der Waals surface area contributed by atoms with Crippen LogP contribution in [0, 0.1) is 22.7 Å². The molecule has 1 aliphatic carbocycles. The van der Waals surface area contributed by atoms with Crippen LogP contribution in [0.15, 0.2) is 0 Å². The summed E-state index contributed by atoms with van der Waals surface area (Å²) in [6, 6.07) is 0. The number of esters is 2. The zero-order valence-electron chi connectivity index (χ0n) is 9.64. The van der Waals surface area contributed by atoms with Gasteiger partial charge in [-0.05, 0) is 13.8 Å². The smallest absolute Gasteiger partial charge is 0.318 e. The number of Topliss-reactive ketones (excluding diaryl/α,β-unsaturated/α-hetero) is 1. The summed E-state index contributed by atoms with van der Waals surface area (Å²) in [4.78, 5) is 46.0. The summed E-state index contributed by atoms with van der Waals surface area (Å²) in [5.74, 6) is -5.34. The van der Waals surface area contributed by atoms with E-state index >= 15 is 0 Å². The van der Waals surface area contributed by atoms with Crippen LogP contribution in [-0.4, -0.2) is 28.8 Å². The van der Waals surface area contributed by atoms with E-state index in [1.165, 1.54) is 20.8 Å². The third-order valence-electron chi connectivity index (χ3n) is 4.54. The number of cyclic esters (lactones) is 2. The van der Waals surface area contributed by atoms with Gasteiger partial charge in [0.25, 0.3) is 0 Å². The Morgan fingerprint density at radius 3 is 1.88 bits per heavy atom. The second-order valence-corrected chi connectivity index (χ2v) is 4.96. The highest BCUT2D eigenvalue weighted by molar-refractivity contribution is 6.09. The van der Waals surface area contributed by atoms with Crippen LogP contribution >= 0.6 is 0 Å². The number of carboxylic acid groups (broad SMARTS) is 1. The highest BCUT2D eigenvalue weighted by Crippen LogP contribution is 2.67. The maximum atomic E-state index is 11.7. The van der Waals surface area contributed by atoms with Gasteiger partial charge in [0.15, 0.2) is 0 Å². The Labute approximate surface area is 96.9 Å². The fourth-order valence-electron chi connectivity index (χ4n) is 3.13. The third-order valence-corrected chi connectivity index (χ3v) is 4.54. The van der Waals surface area contributed by atoms with Crippen LogP contribution in [0.5, 0.6) is 0 Å². The minimum Gasteiger partial charge on any atom is -0.481 e. The van der Waals surface area contributed by atoms with Crippen molar-refractivity contribution in [3.8, 4) is 0 Å². The van der Waals surface area contributed by atoms with E-state index in [2.05, 4.69) is 4.74 Å². The molecule has 1 aliphatic heterocycles. The lowest BCUT2D eigenvalue weighted by Crippen LogP contribution is -2.70. The van der Waals surface area contributed by atoms with Gasteiger partial charge in [0, 0.05) is 0 Å². The van der Waals surface area contributed by atoms with E-state index in [1.54, 1.807) is 0 Å².